The Morgan fingerprint density at radius 3 is 3.05 bits per heavy atom. The van der Waals surface area contributed by atoms with Crippen molar-refractivity contribution >= 4 is 5.91 Å². The molecule has 0 saturated carbocycles. The molecule has 2 fully saturated rings. The van der Waals surface area contributed by atoms with E-state index in [1.807, 2.05) is 17.0 Å². The maximum absolute atomic E-state index is 12.5. The van der Waals surface area contributed by atoms with Crippen LogP contribution in [0, 0.1) is 0 Å². The largest absolute Gasteiger partial charge is 0.461 e. The van der Waals surface area contributed by atoms with Crippen molar-refractivity contribution in [1.82, 2.24) is 4.90 Å². The molecule has 1 unspecified atom stereocenters. The van der Waals surface area contributed by atoms with Gasteiger partial charge in [0.05, 0.1) is 6.04 Å². The fourth-order valence-electron chi connectivity index (χ4n) is 3.08. The zero-order valence-electron chi connectivity index (χ0n) is 11.8. The zero-order valence-corrected chi connectivity index (χ0v) is 11.8. The molecule has 1 aromatic heterocycles. The Kier molecular flexibility index (Phi) is 4.08. The molecule has 3 heterocycles. The molecule has 110 valence electrons. The van der Waals surface area contributed by atoms with E-state index < -0.39 is 0 Å². The molecular weight excluding hydrogens is 258 g/mol. The van der Waals surface area contributed by atoms with E-state index in [-0.39, 0.29) is 18.1 Å². The number of rotatable bonds is 4. The second-order valence-corrected chi connectivity index (χ2v) is 5.43. The normalized spacial score (nSPS) is 26.4. The zero-order chi connectivity index (χ0) is 13.9. The van der Waals surface area contributed by atoms with Gasteiger partial charge >= 0.3 is 0 Å². The minimum atomic E-state index is -0.246. The summed E-state index contributed by atoms with van der Waals surface area (Å²) in [6.45, 7) is 1.96. The highest BCUT2D eigenvalue weighted by molar-refractivity contribution is 5.81. The van der Waals surface area contributed by atoms with Crippen LogP contribution in [0.25, 0.3) is 0 Å². The van der Waals surface area contributed by atoms with Gasteiger partial charge in [-0.25, -0.2) is 0 Å². The second kappa shape index (κ2) is 5.97. The Bertz CT molecular complexity index is 464. The summed E-state index contributed by atoms with van der Waals surface area (Å²) in [6, 6.07) is 3.93. The van der Waals surface area contributed by atoms with Gasteiger partial charge in [0.15, 0.2) is 0 Å². The molecule has 0 bridgehead atoms. The Morgan fingerprint density at radius 2 is 2.30 bits per heavy atom. The topological polar surface area (TPSA) is 51.9 Å². The minimum absolute atomic E-state index is 0.0531. The van der Waals surface area contributed by atoms with Crippen LogP contribution in [0.4, 0.5) is 0 Å². The van der Waals surface area contributed by atoms with Gasteiger partial charge < -0.3 is 18.8 Å². The number of amides is 1. The molecule has 0 aromatic carbocycles. The Labute approximate surface area is 118 Å². The molecule has 3 rings (SSSR count). The van der Waals surface area contributed by atoms with E-state index in [1.54, 1.807) is 7.11 Å². The molecule has 20 heavy (non-hydrogen) atoms. The first-order valence-corrected chi connectivity index (χ1v) is 7.29. The van der Waals surface area contributed by atoms with Crippen molar-refractivity contribution in [2.75, 3.05) is 20.3 Å². The molecule has 1 amide bonds. The van der Waals surface area contributed by atoms with Crippen LogP contribution in [0.2, 0.25) is 0 Å². The number of carbonyl (C=O) groups is 1. The highest BCUT2D eigenvalue weighted by Crippen LogP contribution is 2.34. The summed E-state index contributed by atoms with van der Waals surface area (Å²) in [5, 5.41) is 0. The van der Waals surface area contributed by atoms with Crippen LogP contribution in [-0.2, 0) is 20.9 Å². The van der Waals surface area contributed by atoms with Crippen molar-refractivity contribution in [2.45, 2.75) is 44.4 Å². The van der Waals surface area contributed by atoms with Gasteiger partial charge in [-0.3, -0.25) is 4.79 Å². The molecule has 5 heteroatoms. The number of furan rings is 1. The Balaban J connectivity index is 1.72. The molecule has 2 aliphatic rings. The van der Waals surface area contributed by atoms with Gasteiger partial charge in [-0.05, 0) is 37.8 Å². The quantitative estimate of drug-likeness (QED) is 0.848. The van der Waals surface area contributed by atoms with Crippen molar-refractivity contribution < 1.29 is 18.7 Å². The van der Waals surface area contributed by atoms with Gasteiger partial charge in [-0.1, -0.05) is 0 Å². The second-order valence-electron chi connectivity index (χ2n) is 5.43. The lowest BCUT2D eigenvalue weighted by Gasteiger charge is -2.25. The summed E-state index contributed by atoms with van der Waals surface area (Å²) in [7, 11) is 1.64. The third kappa shape index (κ3) is 2.60. The summed E-state index contributed by atoms with van der Waals surface area (Å²) in [5.41, 5.74) is 0. The number of ether oxygens (including phenoxy) is 2. The molecule has 2 atom stereocenters. The fourth-order valence-corrected chi connectivity index (χ4v) is 3.08. The van der Waals surface area contributed by atoms with E-state index in [1.165, 1.54) is 0 Å². The third-order valence-corrected chi connectivity index (χ3v) is 4.04. The standard InChI is InChI=1S/C15H21NO4/c1-18-10-11-6-7-13(20-11)12-4-2-8-16(12)15(17)14-5-3-9-19-14/h6-7,12,14H,2-5,8-10H2,1H3/t12?,14-/m0/s1. The van der Waals surface area contributed by atoms with Crippen molar-refractivity contribution in [3.8, 4) is 0 Å². The summed E-state index contributed by atoms with van der Waals surface area (Å²) in [5.74, 6) is 1.79. The summed E-state index contributed by atoms with van der Waals surface area (Å²) in [4.78, 5) is 14.4. The predicted molar refractivity (Wildman–Crippen MR) is 72.1 cm³/mol. The van der Waals surface area contributed by atoms with E-state index in [0.29, 0.717) is 13.2 Å². The first-order chi connectivity index (χ1) is 9.79. The highest BCUT2D eigenvalue weighted by atomic mass is 16.5. The van der Waals surface area contributed by atoms with Gasteiger partial charge in [-0.15, -0.1) is 0 Å². The molecule has 0 spiro atoms. The number of hydrogen-bond donors (Lipinski definition) is 0. The van der Waals surface area contributed by atoms with Crippen LogP contribution in [0.1, 0.15) is 43.2 Å². The molecule has 0 aliphatic carbocycles. The predicted octanol–water partition coefficient (Wildman–Crippen LogP) is 2.27. The minimum Gasteiger partial charge on any atom is -0.461 e. The first-order valence-electron chi connectivity index (χ1n) is 7.29. The fraction of sp³-hybridized carbons (Fsp3) is 0.667. The smallest absolute Gasteiger partial charge is 0.252 e. The molecule has 5 nitrogen and oxygen atoms in total. The van der Waals surface area contributed by atoms with Crippen molar-refractivity contribution in [2.24, 2.45) is 0 Å². The third-order valence-electron chi connectivity index (χ3n) is 4.04. The first kappa shape index (κ1) is 13.6. The number of carbonyl (C=O) groups excluding carboxylic acids is 1. The van der Waals surface area contributed by atoms with E-state index in [9.17, 15) is 4.79 Å². The van der Waals surface area contributed by atoms with Crippen LogP contribution >= 0.6 is 0 Å². The number of methoxy groups -OCH3 is 1. The van der Waals surface area contributed by atoms with E-state index in [4.69, 9.17) is 13.9 Å². The lowest BCUT2D eigenvalue weighted by molar-refractivity contribution is -0.142. The molecule has 1 aromatic rings. The molecular formula is C15H21NO4. The number of likely N-dealkylation sites (tertiary alicyclic amines) is 1. The van der Waals surface area contributed by atoms with Gasteiger partial charge in [0.1, 0.15) is 24.2 Å². The lowest BCUT2D eigenvalue weighted by Crippen LogP contribution is -2.38. The maximum Gasteiger partial charge on any atom is 0.252 e. The molecule has 2 saturated heterocycles. The van der Waals surface area contributed by atoms with Gasteiger partial charge in [0, 0.05) is 20.3 Å². The summed E-state index contributed by atoms with van der Waals surface area (Å²) in [6.07, 6.45) is 3.55. The van der Waals surface area contributed by atoms with Crippen LogP contribution in [0.3, 0.4) is 0 Å². The van der Waals surface area contributed by atoms with Crippen LogP contribution in [0.5, 0.6) is 0 Å². The molecule has 0 radical (unpaired) electrons. The van der Waals surface area contributed by atoms with E-state index >= 15 is 0 Å². The summed E-state index contributed by atoms with van der Waals surface area (Å²) >= 11 is 0. The highest BCUT2D eigenvalue weighted by Gasteiger charge is 2.37. The Morgan fingerprint density at radius 1 is 1.40 bits per heavy atom. The van der Waals surface area contributed by atoms with E-state index in [0.717, 1.165) is 43.7 Å². The lowest BCUT2D eigenvalue weighted by atomic mass is 10.1. The van der Waals surface area contributed by atoms with Gasteiger partial charge in [-0.2, -0.15) is 0 Å². The van der Waals surface area contributed by atoms with Crippen LogP contribution < -0.4 is 0 Å². The van der Waals surface area contributed by atoms with Crippen molar-refractivity contribution in [1.29, 1.82) is 0 Å². The van der Waals surface area contributed by atoms with Crippen molar-refractivity contribution in [3.63, 3.8) is 0 Å². The monoisotopic (exact) mass is 279 g/mol. The SMILES string of the molecule is COCc1ccc(C2CCCN2C(=O)[C@@H]2CCCO2)o1. The Hall–Kier alpha value is -1.33. The molecule has 2 aliphatic heterocycles. The van der Waals surface area contributed by atoms with Crippen molar-refractivity contribution in [3.05, 3.63) is 23.7 Å². The average Bonchev–Trinajstić information content (AvgIpc) is 3.19. The number of nitrogens with zero attached hydrogens (tertiary/aromatic N) is 1. The van der Waals surface area contributed by atoms with Crippen LogP contribution in [-0.4, -0.2) is 37.2 Å². The maximum atomic E-state index is 12.5. The van der Waals surface area contributed by atoms with Gasteiger partial charge in [0.25, 0.3) is 5.91 Å². The van der Waals surface area contributed by atoms with Gasteiger partial charge in [0.2, 0.25) is 0 Å². The van der Waals surface area contributed by atoms with Crippen LogP contribution in [0.15, 0.2) is 16.5 Å². The number of hydrogen-bond acceptors (Lipinski definition) is 4. The molecule has 0 N–H and O–H groups in total. The average molecular weight is 279 g/mol. The van der Waals surface area contributed by atoms with E-state index in [2.05, 4.69) is 0 Å². The summed E-state index contributed by atoms with van der Waals surface area (Å²) < 4.78 is 16.4.